The van der Waals surface area contributed by atoms with E-state index in [0.29, 0.717) is 11.7 Å². The third-order valence-electron chi connectivity index (χ3n) is 3.60. The molecule has 118 valence electrons. The van der Waals surface area contributed by atoms with Gasteiger partial charge in [-0.25, -0.2) is 4.79 Å². The lowest BCUT2D eigenvalue weighted by atomic mass is 9.94. The molecule has 6 nitrogen and oxygen atoms in total. The predicted octanol–water partition coefficient (Wildman–Crippen LogP) is 1.35. The van der Waals surface area contributed by atoms with Crippen molar-refractivity contribution in [1.82, 2.24) is 5.32 Å². The average molecular weight is 316 g/mol. The SMILES string of the molecule is Cl.NC(=O)Nc1cc(CC2CCCC(CO)N2)ccc1O. The number of hydrogen-bond donors (Lipinski definition) is 5. The number of hydrogen-bond acceptors (Lipinski definition) is 4. The van der Waals surface area contributed by atoms with Crippen LogP contribution in [0.15, 0.2) is 18.2 Å². The number of primary amides is 1. The van der Waals surface area contributed by atoms with Crippen molar-refractivity contribution in [3.05, 3.63) is 23.8 Å². The molecular weight excluding hydrogens is 294 g/mol. The summed E-state index contributed by atoms with van der Waals surface area (Å²) >= 11 is 0. The molecule has 1 heterocycles. The maximum atomic E-state index is 10.9. The molecule has 1 saturated heterocycles. The number of rotatable bonds is 4. The van der Waals surface area contributed by atoms with Crippen molar-refractivity contribution >= 4 is 24.1 Å². The van der Waals surface area contributed by atoms with E-state index in [0.717, 1.165) is 31.2 Å². The van der Waals surface area contributed by atoms with Crippen LogP contribution in [0.4, 0.5) is 10.5 Å². The first-order chi connectivity index (χ1) is 9.58. The van der Waals surface area contributed by atoms with Crippen molar-refractivity contribution in [3.8, 4) is 5.75 Å². The van der Waals surface area contributed by atoms with E-state index < -0.39 is 6.03 Å². The zero-order valence-electron chi connectivity index (χ0n) is 11.7. The van der Waals surface area contributed by atoms with Crippen molar-refractivity contribution in [2.45, 2.75) is 37.8 Å². The summed E-state index contributed by atoms with van der Waals surface area (Å²) in [6, 6.07) is 4.86. The Morgan fingerprint density at radius 1 is 1.38 bits per heavy atom. The maximum Gasteiger partial charge on any atom is 0.316 e. The van der Waals surface area contributed by atoms with Crippen LogP contribution in [-0.2, 0) is 6.42 Å². The predicted molar refractivity (Wildman–Crippen MR) is 83.9 cm³/mol. The molecule has 1 aromatic carbocycles. The lowest BCUT2D eigenvalue weighted by Gasteiger charge is -2.30. The number of phenols is 1. The Balaban J connectivity index is 0.00000220. The van der Waals surface area contributed by atoms with Crippen LogP contribution < -0.4 is 16.4 Å². The summed E-state index contributed by atoms with van der Waals surface area (Å²) in [5, 5.41) is 24.6. The third-order valence-corrected chi connectivity index (χ3v) is 3.60. The lowest BCUT2D eigenvalue weighted by molar-refractivity contribution is 0.197. The Bertz CT molecular complexity index is 485. The number of carbonyl (C=O) groups is 1. The Hall–Kier alpha value is -1.50. The highest BCUT2D eigenvalue weighted by Gasteiger charge is 2.20. The number of piperidine rings is 1. The second-order valence-corrected chi connectivity index (χ2v) is 5.22. The summed E-state index contributed by atoms with van der Waals surface area (Å²) < 4.78 is 0. The number of benzene rings is 1. The van der Waals surface area contributed by atoms with Crippen molar-refractivity contribution in [3.63, 3.8) is 0 Å². The van der Waals surface area contributed by atoms with Gasteiger partial charge in [0.2, 0.25) is 0 Å². The fraction of sp³-hybridized carbons (Fsp3) is 0.500. The first-order valence-corrected chi connectivity index (χ1v) is 6.83. The molecule has 0 saturated carbocycles. The molecule has 1 fully saturated rings. The lowest BCUT2D eigenvalue weighted by Crippen LogP contribution is -2.45. The highest BCUT2D eigenvalue weighted by Crippen LogP contribution is 2.25. The summed E-state index contributed by atoms with van der Waals surface area (Å²) in [7, 11) is 0. The first-order valence-electron chi connectivity index (χ1n) is 6.83. The van der Waals surface area contributed by atoms with Gasteiger partial charge in [-0.1, -0.05) is 12.5 Å². The molecular formula is C14H22ClN3O3. The van der Waals surface area contributed by atoms with Crippen LogP contribution in [-0.4, -0.2) is 34.9 Å². The van der Waals surface area contributed by atoms with Crippen LogP contribution in [0, 0.1) is 0 Å². The minimum Gasteiger partial charge on any atom is -0.506 e. The number of aliphatic hydroxyl groups is 1. The standard InChI is InChI=1S/C14H21N3O3.ClH/c15-14(20)17-12-7-9(4-5-13(12)19)6-10-2-1-3-11(8-18)16-10;/h4-5,7,10-11,16,18-19H,1-3,6,8H2,(H3,15,17,20);1H. The Labute approximate surface area is 130 Å². The highest BCUT2D eigenvalue weighted by molar-refractivity contribution is 5.89. The van der Waals surface area contributed by atoms with Crippen LogP contribution in [0.25, 0.3) is 0 Å². The highest BCUT2D eigenvalue weighted by atomic mass is 35.5. The summed E-state index contributed by atoms with van der Waals surface area (Å²) in [5.74, 6) is -0.00242. The number of phenolic OH excluding ortho intramolecular Hbond substituents is 1. The van der Waals surface area contributed by atoms with E-state index >= 15 is 0 Å². The molecule has 0 aliphatic carbocycles. The van der Waals surface area contributed by atoms with Gasteiger partial charge in [0, 0.05) is 12.1 Å². The fourth-order valence-corrected chi connectivity index (χ4v) is 2.64. The normalized spacial score (nSPS) is 21.4. The van der Waals surface area contributed by atoms with Gasteiger partial charge in [0.25, 0.3) is 0 Å². The molecule has 2 unspecified atom stereocenters. The largest absolute Gasteiger partial charge is 0.506 e. The molecule has 21 heavy (non-hydrogen) atoms. The Kier molecular flexibility index (Phi) is 6.74. The number of amides is 2. The fourth-order valence-electron chi connectivity index (χ4n) is 2.64. The van der Waals surface area contributed by atoms with Crippen LogP contribution in [0.5, 0.6) is 5.75 Å². The van der Waals surface area contributed by atoms with Crippen LogP contribution >= 0.6 is 12.4 Å². The molecule has 1 aliphatic rings. The van der Waals surface area contributed by atoms with Gasteiger partial charge in [0.15, 0.2) is 0 Å². The number of carbonyl (C=O) groups excluding carboxylic acids is 1. The Morgan fingerprint density at radius 2 is 2.10 bits per heavy atom. The quantitative estimate of drug-likeness (QED) is 0.540. The van der Waals surface area contributed by atoms with Gasteiger partial charge in [0.1, 0.15) is 5.75 Å². The number of aliphatic hydroxyl groups excluding tert-OH is 1. The Morgan fingerprint density at radius 3 is 2.76 bits per heavy atom. The molecule has 7 heteroatoms. The molecule has 1 aromatic rings. The minimum absolute atomic E-state index is 0. The molecule has 0 aromatic heterocycles. The van der Waals surface area contributed by atoms with E-state index in [1.54, 1.807) is 12.1 Å². The van der Waals surface area contributed by atoms with Gasteiger partial charge < -0.3 is 26.6 Å². The maximum absolute atomic E-state index is 10.9. The summed E-state index contributed by atoms with van der Waals surface area (Å²) in [6.45, 7) is 0.153. The van der Waals surface area contributed by atoms with Crippen LogP contribution in [0.3, 0.4) is 0 Å². The molecule has 6 N–H and O–H groups in total. The number of halogens is 1. The van der Waals surface area contributed by atoms with E-state index in [9.17, 15) is 15.0 Å². The number of aromatic hydroxyl groups is 1. The first kappa shape index (κ1) is 17.6. The zero-order chi connectivity index (χ0) is 14.5. The van der Waals surface area contributed by atoms with Crippen molar-refractivity contribution in [2.75, 3.05) is 11.9 Å². The van der Waals surface area contributed by atoms with E-state index in [4.69, 9.17) is 5.73 Å². The molecule has 0 spiro atoms. The number of nitrogens with two attached hydrogens (primary N) is 1. The van der Waals surface area contributed by atoms with Gasteiger partial charge in [-0.3, -0.25) is 0 Å². The molecule has 0 radical (unpaired) electrons. The van der Waals surface area contributed by atoms with Gasteiger partial charge >= 0.3 is 6.03 Å². The van der Waals surface area contributed by atoms with Crippen molar-refractivity contribution < 1.29 is 15.0 Å². The summed E-state index contributed by atoms with van der Waals surface area (Å²) in [4.78, 5) is 10.9. The van der Waals surface area contributed by atoms with Crippen molar-refractivity contribution in [2.24, 2.45) is 5.73 Å². The molecule has 0 bridgehead atoms. The van der Waals surface area contributed by atoms with Gasteiger partial charge in [0.05, 0.1) is 12.3 Å². The van der Waals surface area contributed by atoms with Crippen LogP contribution in [0.1, 0.15) is 24.8 Å². The molecule has 2 amide bonds. The number of anilines is 1. The minimum atomic E-state index is -0.700. The molecule has 1 aliphatic heterocycles. The second kappa shape index (κ2) is 8.07. The van der Waals surface area contributed by atoms with Crippen molar-refractivity contribution in [1.29, 1.82) is 0 Å². The second-order valence-electron chi connectivity index (χ2n) is 5.22. The van der Waals surface area contributed by atoms with Gasteiger partial charge in [-0.2, -0.15) is 0 Å². The molecule has 2 atom stereocenters. The number of urea groups is 1. The third kappa shape index (κ3) is 5.08. The van der Waals surface area contributed by atoms with Crippen LogP contribution in [0.2, 0.25) is 0 Å². The zero-order valence-corrected chi connectivity index (χ0v) is 12.5. The molecule has 2 rings (SSSR count). The topological polar surface area (TPSA) is 108 Å². The monoisotopic (exact) mass is 315 g/mol. The smallest absolute Gasteiger partial charge is 0.316 e. The van der Waals surface area contributed by atoms with E-state index in [1.807, 2.05) is 6.07 Å². The van der Waals surface area contributed by atoms with E-state index in [-0.39, 0.29) is 30.8 Å². The van der Waals surface area contributed by atoms with E-state index in [2.05, 4.69) is 10.6 Å². The van der Waals surface area contributed by atoms with Gasteiger partial charge in [-0.15, -0.1) is 12.4 Å². The van der Waals surface area contributed by atoms with Gasteiger partial charge in [-0.05, 0) is 37.0 Å². The summed E-state index contributed by atoms with van der Waals surface area (Å²) in [5.41, 5.74) is 6.39. The average Bonchev–Trinajstić information content (AvgIpc) is 2.42. The number of nitrogens with one attached hydrogen (secondary N) is 2. The van der Waals surface area contributed by atoms with E-state index in [1.165, 1.54) is 0 Å². The summed E-state index contributed by atoms with van der Waals surface area (Å²) in [6.07, 6.45) is 3.92.